The summed E-state index contributed by atoms with van der Waals surface area (Å²) in [7, 11) is 0. The molecule has 2 aliphatic carbocycles. The maximum atomic E-state index is 12.9. The summed E-state index contributed by atoms with van der Waals surface area (Å²) in [6.45, 7) is 10.3. The average Bonchev–Trinajstić information content (AvgIpc) is 3.35. The first-order valence-corrected chi connectivity index (χ1v) is 12.6. The lowest BCUT2D eigenvalue weighted by Crippen LogP contribution is -2.67. The summed E-state index contributed by atoms with van der Waals surface area (Å²) >= 11 is 0. The van der Waals surface area contributed by atoms with Crippen molar-refractivity contribution in [3.05, 3.63) is 11.6 Å². The topological polar surface area (TPSA) is 158 Å². The van der Waals surface area contributed by atoms with Crippen LogP contribution in [0, 0.1) is 17.3 Å². The first kappa shape index (κ1) is 27.5. The summed E-state index contributed by atoms with van der Waals surface area (Å²) in [4.78, 5) is 50.0. The molecule has 2 saturated heterocycles. The summed E-state index contributed by atoms with van der Waals surface area (Å²) in [5.41, 5.74) is -3.65. The van der Waals surface area contributed by atoms with Crippen molar-refractivity contribution in [1.29, 1.82) is 0 Å². The van der Waals surface area contributed by atoms with Crippen LogP contribution in [0.1, 0.15) is 61.3 Å². The minimum absolute atomic E-state index is 0.0101. The first-order chi connectivity index (χ1) is 17.1. The van der Waals surface area contributed by atoms with Gasteiger partial charge in [0.25, 0.3) is 0 Å². The smallest absolute Gasteiger partial charge is 0.342 e. The molecule has 3 fully saturated rings. The highest BCUT2D eigenvalue weighted by Gasteiger charge is 2.87. The number of carbonyl (C=O) groups excluding carboxylic acids is 4. The number of epoxide rings is 1. The van der Waals surface area contributed by atoms with Crippen molar-refractivity contribution in [2.75, 3.05) is 0 Å². The van der Waals surface area contributed by atoms with Gasteiger partial charge in [0.15, 0.2) is 17.3 Å². The van der Waals surface area contributed by atoms with E-state index in [0.29, 0.717) is 5.57 Å². The van der Waals surface area contributed by atoms with E-state index in [4.69, 9.17) is 23.7 Å². The molecular weight excluding hydrogens is 488 g/mol. The van der Waals surface area contributed by atoms with Crippen molar-refractivity contribution < 1.29 is 53.1 Å². The SMILES string of the molecule is CC(=O)OC1CC(O)C(C)C2C(OC(C)=O)C34OC3(C)C(=O)OC4C=C(C)CC(O)C(OC(C)=O)C12C. The van der Waals surface area contributed by atoms with Gasteiger partial charge in [-0.15, -0.1) is 0 Å². The van der Waals surface area contributed by atoms with Crippen molar-refractivity contribution in [3.8, 4) is 0 Å². The fourth-order valence-electron chi connectivity index (χ4n) is 7.03. The number of aliphatic hydroxyl groups is 2. The van der Waals surface area contributed by atoms with Crippen LogP contribution in [0.3, 0.4) is 0 Å². The number of aliphatic hydroxyl groups excluding tert-OH is 2. The summed E-state index contributed by atoms with van der Waals surface area (Å²) in [5.74, 6) is -4.14. The number of rotatable bonds is 3. The van der Waals surface area contributed by atoms with E-state index in [2.05, 4.69) is 0 Å². The second kappa shape index (κ2) is 9.06. The molecule has 1 spiro atoms. The van der Waals surface area contributed by atoms with Crippen LogP contribution in [-0.2, 0) is 42.9 Å². The zero-order chi connectivity index (χ0) is 27.7. The highest BCUT2D eigenvalue weighted by molar-refractivity contribution is 5.89. The van der Waals surface area contributed by atoms with Gasteiger partial charge in [-0.3, -0.25) is 14.4 Å². The molecule has 0 amide bonds. The number of fused-ring (bicyclic) bond motifs is 1. The van der Waals surface area contributed by atoms with E-state index in [0.717, 1.165) is 0 Å². The van der Waals surface area contributed by atoms with Gasteiger partial charge in [0.05, 0.1) is 17.6 Å². The van der Waals surface area contributed by atoms with Crippen LogP contribution in [0.25, 0.3) is 0 Å². The number of carbonyl (C=O) groups is 4. The van der Waals surface area contributed by atoms with Crippen LogP contribution in [0.15, 0.2) is 11.6 Å². The van der Waals surface area contributed by atoms with E-state index in [-0.39, 0.29) is 12.8 Å². The number of hydrogen-bond donors (Lipinski definition) is 2. The maximum Gasteiger partial charge on any atom is 0.342 e. The fraction of sp³-hybridized carbons (Fsp3) is 0.769. The molecule has 11 unspecified atom stereocenters. The molecule has 2 aliphatic heterocycles. The van der Waals surface area contributed by atoms with Gasteiger partial charge in [-0.05, 0) is 32.3 Å². The Bertz CT molecular complexity index is 1040. The molecule has 11 heteroatoms. The van der Waals surface area contributed by atoms with Gasteiger partial charge in [0.1, 0.15) is 18.3 Å². The highest BCUT2D eigenvalue weighted by Crippen LogP contribution is 2.65. The maximum absolute atomic E-state index is 12.9. The van der Waals surface area contributed by atoms with Crippen LogP contribution in [0.4, 0.5) is 0 Å². The Balaban J connectivity index is 2.02. The predicted octanol–water partition coefficient (Wildman–Crippen LogP) is 0.969. The van der Waals surface area contributed by atoms with Crippen LogP contribution >= 0.6 is 0 Å². The average molecular weight is 525 g/mol. The van der Waals surface area contributed by atoms with Gasteiger partial charge in [0, 0.05) is 33.1 Å². The molecule has 4 rings (SSSR count). The minimum Gasteiger partial charge on any atom is -0.462 e. The Morgan fingerprint density at radius 2 is 1.54 bits per heavy atom. The summed E-state index contributed by atoms with van der Waals surface area (Å²) < 4.78 is 29.2. The Labute approximate surface area is 215 Å². The Kier molecular flexibility index (Phi) is 6.74. The third kappa shape index (κ3) is 4.06. The zero-order valence-corrected chi connectivity index (χ0v) is 22.2. The summed E-state index contributed by atoms with van der Waals surface area (Å²) in [6.07, 6.45) is -5.02. The van der Waals surface area contributed by atoms with E-state index in [1.165, 1.54) is 20.8 Å². The minimum atomic E-state index is -1.45. The Morgan fingerprint density at radius 1 is 0.973 bits per heavy atom. The van der Waals surface area contributed by atoms with Crippen LogP contribution in [-0.4, -0.2) is 81.9 Å². The van der Waals surface area contributed by atoms with Crippen LogP contribution in [0.2, 0.25) is 0 Å². The van der Waals surface area contributed by atoms with Crippen molar-refractivity contribution >= 4 is 23.9 Å². The fourth-order valence-corrected chi connectivity index (χ4v) is 7.03. The lowest BCUT2D eigenvalue weighted by atomic mass is 9.53. The molecule has 1 saturated carbocycles. The molecule has 11 atom stereocenters. The summed E-state index contributed by atoms with van der Waals surface area (Å²) in [5, 5.41) is 22.6. The third-order valence-electron chi connectivity index (χ3n) is 8.74. The molecular formula is C26H36O11. The summed E-state index contributed by atoms with van der Waals surface area (Å²) in [6, 6.07) is 0. The molecule has 11 nitrogen and oxygen atoms in total. The lowest BCUT2D eigenvalue weighted by molar-refractivity contribution is -0.242. The predicted molar refractivity (Wildman–Crippen MR) is 125 cm³/mol. The molecule has 0 aromatic rings. The van der Waals surface area contributed by atoms with Gasteiger partial charge in [-0.2, -0.15) is 0 Å². The number of hydrogen-bond acceptors (Lipinski definition) is 11. The molecule has 2 N–H and O–H groups in total. The van der Waals surface area contributed by atoms with E-state index >= 15 is 0 Å². The van der Waals surface area contributed by atoms with Gasteiger partial charge in [-0.1, -0.05) is 19.4 Å². The normalized spacial score (nSPS) is 46.7. The lowest BCUT2D eigenvalue weighted by Gasteiger charge is -2.57. The molecule has 0 aromatic carbocycles. The second-order valence-corrected chi connectivity index (χ2v) is 11.3. The first-order valence-electron chi connectivity index (χ1n) is 12.6. The van der Waals surface area contributed by atoms with Crippen molar-refractivity contribution in [3.63, 3.8) is 0 Å². The van der Waals surface area contributed by atoms with Gasteiger partial charge in [-0.25, -0.2) is 4.79 Å². The molecule has 2 heterocycles. The molecule has 0 aromatic heterocycles. The third-order valence-corrected chi connectivity index (χ3v) is 8.74. The van der Waals surface area contributed by atoms with E-state index in [1.807, 2.05) is 0 Å². The van der Waals surface area contributed by atoms with Gasteiger partial charge in [0.2, 0.25) is 0 Å². The standard InChI is InChI=1S/C26H36O11/c1-11-8-17(31)21(34-14(4)28)24(6)18(33-13(3)27)10-16(30)12(2)20(24)22(35-15(5)29)26-19(9-11)36-23(32)25(26,7)37-26/h9,12,16-22,30-31H,8,10H2,1-7H3. The number of ether oxygens (including phenoxy) is 5. The van der Waals surface area contributed by atoms with Crippen molar-refractivity contribution in [2.45, 2.75) is 109 Å². The Morgan fingerprint density at radius 3 is 2.08 bits per heavy atom. The van der Waals surface area contributed by atoms with Crippen molar-refractivity contribution in [2.24, 2.45) is 17.3 Å². The Hall–Kier alpha value is -2.50. The monoisotopic (exact) mass is 524 g/mol. The van der Waals surface area contributed by atoms with Gasteiger partial charge < -0.3 is 33.9 Å². The second-order valence-electron chi connectivity index (χ2n) is 11.3. The number of esters is 4. The zero-order valence-electron chi connectivity index (χ0n) is 22.2. The molecule has 0 bridgehead atoms. The molecule has 4 aliphatic rings. The van der Waals surface area contributed by atoms with Crippen LogP contribution in [0.5, 0.6) is 0 Å². The molecule has 0 radical (unpaired) electrons. The van der Waals surface area contributed by atoms with Crippen molar-refractivity contribution in [1.82, 2.24) is 0 Å². The molecule has 37 heavy (non-hydrogen) atoms. The highest BCUT2D eigenvalue weighted by atomic mass is 16.7. The van der Waals surface area contributed by atoms with E-state index in [1.54, 1.807) is 33.8 Å². The molecule has 206 valence electrons. The van der Waals surface area contributed by atoms with E-state index < -0.39 is 89.0 Å². The van der Waals surface area contributed by atoms with Gasteiger partial charge >= 0.3 is 23.9 Å². The van der Waals surface area contributed by atoms with E-state index in [9.17, 15) is 29.4 Å². The van der Waals surface area contributed by atoms with Crippen LogP contribution < -0.4 is 0 Å². The largest absolute Gasteiger partial charge is 0.462 e. The quantitative estimate of drug-likeness (QED) is 0.234.